The number of alkyl halides is 2. The van der Waals surface area contributed by atoms with Gasteiger partial charge in [-0.3, -0.25) is 4.90 Å². The Morgan fingerprint density at radius 2 is 1.75 bits per heavy atom. The highest BCUT2D eigenvalue weighted by Crippen LogP contribution is 2.30. The minimum absolute atomic E-state index is 0. The molecule has 1 aliphatic rings. The predicted molar refractivity (Wildman–Crippen MR) is 79.1 cm³/mol. The molecular formula is C12H16Cl3F3N2. The molecule has 1 aliphatic heterocycles. The first kappa shape index (κ1) is 19.8. The summed E-state index contributed by atoms with van der Waals surface area (Å²) in [4.78, 5) is 1.70. The van der Waals surface area contributed by atoms with Crippen LogP contribution in [-0.2, 0) is 0 Å². The van der Waals surface area contributed by atoms with Crippen molar-refractivity contribution in [1.82, 2.24) is 10.2 Å². The fourth-order valence-corrected chi connectivity index (χ4v) is 2.36. The van der Waals surface area contributed by atoms with E-state index in [4.69, 9.17) is 11.6 Å². The van der Waals surface area contributed by atoms with Crippen LogP contribution in [0.25, 0.3) is 0 Å². The minimum Gasteiger partial charge on any atom is -0.314 e. The summed E-state index contributed by atoms with van der Waals surface area (Å²) in [5, 5.41) is 2.99. The van der Waals surface area contributed by atoms with E-state index in [1.54, 1.807) is 4.90 Å². The number of hydrogen-bond acceptors (Lipinski definition) is 2. The molecular weight excluding hydrogens is 335 g/mol. The summed E-state index contributed by atoms with van der Waals surface area (Å²) in [5.41, 5.74) is 0.360. The van der Waals surface area contributed by atoms with Gasteiger partial charge in [-0.25, -0.2) is 13.2 Å². The van der Waals surface area contributed by atoms with Crippen molar-refractivity contribution in [3.63, 3.8) is 0 Å². The van der Waals surface area contributed by atoms with E-state index in [0.29, 0.717) is 31.7 Å². The summed E-state index contributed by atoms with van der Waals surface area (Å²) in [6.45, 7) is 2.45. The Kier molecular flexibility index (Phi) is 8.86. The lowest BCUT2D eigenvalue weighted by atomic mass is 10.0. The van der Waals surface area contributed by atoms with Gasteiger partial charge in [0.1, 0.15) is 5.82 Å². The van der Waals surface area contributed by atoms with Crippen LogP contribution in [0.1, 0.15) is 11.6 Å². The Morgan fingerprint density at radius 3 is 2.25 bits per heavy atom. The second-order valence-corrected chi connectivity index (χ2v) is 4.65. The summed E-state index contributed by atoms with van der Waals surface area (Å²) in [6.07, 6.45) is -2.52. The maximum atomic E-state index is 13.2. The van der Waals surface area contributed by atoms with Gasteiger partial charge in [-0.1, -0.05) is 17.7 Å². The quantitative estimate of drug-likeness (QED) is 0.896. The number of piperazine rings is 1. The lowest BCUT2D eigenvalue weighted by Crippen LogP contribution is -2.46. The molecule has 1 N–H and O–H groups in total. The summed E-state index contributed by atoms with van der Waals surface area (Å²) >= 11 is 5.65. The number of hydrogen-bond donors (Lipinski definition) is 1. The van der Waals surface area contributed by atoms with E-state index in [1.807, 2.05) is 0 Å². The van der Waals surface area contributed by atoms with E-state index in [0.717, 1.165) is 6.07 Å². The zero-order chi connectivity index (χ0) is 13.1. The first-order valence-electron chi connectivity index (χ1n) is 5.77. The number of nitrogens with one attached hydrogen (secondary N) is 1. The SMILES string of the molecule is Cl.Cl.Fc1ccc([C@@H](C(F)F)N2CCNCC2)cc1Cl. The molecule has 1 heterocycles. The topological polar surface area (TPSA) is 15.3 Å². The van der Waals surface area contributed by atoms with Crippen LogP contribution in [-0.4, -0.2) is 37.5 Å². The van der Waals surface area contributed by atoms with Crippen LogP contribution in [0.5, 0.6) is 0 Å². The molecule has 0 amide bonds. The third-order valence-corrected chi connectivity index (χ3v) is 3.36. The Labute approximate surface area is 133 Å². The van der Waals surface area contributed by atoms with Gasteiger partial charge in [0.05, 0.1) is 11.1 Å². The molecule has 0 aromatic heterocycles. The van der Waals surface area contributed by atoms with Crippen LogP contribution >= 0.6 is 36.4 Å². The molecule has 2 rings (SSSR count). The Hall–Kier alpha value is -0.200. The standard InChI is InChI=1S/C12H14ClF3N2.2ClH/c13-9-7-8(1-2-10(9)14)11(12(15)16)18-5-3-17-4-6-18;;/h1-2,7,11-12,17H,3-6H2;2*1H/t11-;;/m0../s1. The van der Waals surface area contributed by atoms with Crippen molar-refractivity contribution < 1.29 is 13.2 Å². The van der Waals surface area contributed by atoms with Gasteiger partial charge in [0.25, 0.3) is 6.43 Å². The van der Waals surface area contributed by atoms with Crippen LogP contribution in [0.2, 0.25) is 5.02 Å². The lowest BCUT2D eigenvalue weighted by Gasteiger charge is -2.34. The lowest BCUT2D eigenvalue weighted by molar-refractivity contribution is 0.0181. The molecule has 0 saturated carbocycles. The molecule has 20 heavy (non-hydrogen) atoms. The van der Waals surface area contributed by atoms with E-state index < -0.39 is 18.3 Å². The minimum atomic E-state index is -2.52. The highest BCUT2D eigenvalue weighted by Gasteiger charge is 2.30. The maximum Gasteiger partial charge on any atom is 0.258 e. The summed E-state index contributed by atoms with van der Waals surface area (Å²) in [7, 11) is 0. The largest absolute Gasteiger partial charge is 0.314 e. The Morgan fingerprint density at radius 1 is 1.15 bits per heavy atom. The zero-order valence-corrected chi connectivity index (χ0v) is 12.9. The fraction of sp³-hybridized carbons (Fsp3) is 0.500. The van der Waals surface area contributed by atoms with Gasteiger partial charge in [0.2, 0.25) is 0 Å². The molecule has 0 bridgehead atoms. The molecule has 2 nitrogen and oxygen atoms in total. The maximum absolute atomic E-state index is 13.2. The Bertz CT molecular complexity index is 415. The first-order chi connectivity index (χ1) is 8.59. The van der Waals surface area contributed by atoms with E-state index in [-0.39, 0.29) is 29.8 Å². The molecule has 0 unspecified atom stereocenters. The molecule has 1 aromatic carbocycles. The zero-order valence-electron chi connectivity index (χ0n) is 10.5. The highest BCUT2D eigenvalue weighted by atomic mass is 35.5. The fourth-order valence-electron chi connectivity index (χ4n) is 2.17. The van der Waals surface area contributed by atoms with Crippen LogP contribution in [0.3, 0.4) is 0 Å². The molecule has 1 fully saturated rings. The van der Waals surface area contributed by atoms with Crippen molar-refractivity contribution >= 4 is 36.4 Å². The van der Waals surface area contributed by atoms with Gasteiger partial charge < -0.3 is 5.32 Å². The van der Waals surface area contributed by atoms with Gasteiger partial charge in [0.15, 0.2) is 0 Å². The molecule has 0 aliphatic carbocycles. The summed E-state index contributed by atoms with van der Waals surface area (Å²) in [5.74, 6) is -0.589. The second kappa shape index (κ2) is 8.95. The van der Waals surface area contributed by atoms with Gasteiger partial charge in [-0.15, -0.1) is 24.8 Å². The van der Waals surface area contributed by atoms with Gasteiger partial charge in [0, 0.05) is 26.2 Å². The number of halogens is 6. The van der Waals surface area contributed by atoms with Crippen molar-refractivity contribution in [3.05, 3.63) is 34.6 Å². The van der Waals surface area contributed by atoms with Crippen LogP contribution in [0, 0.1) is 5.82 Å². The molecule has 1 atom stereocenters. The smallest absolute Gasteiger partial charge is 0.258 e. The van der Waals surface area contributed by atoms with Crippen molar-refractivity contribution in [1.29, 1.82) is 0 Å². The van der Waals surface area contributed by atoms with E-state index >= 15 is 0 Å². The highest BCUT2D eigenvalue weighted by molar-refractivity contribution is 6.30. The van der Waals surface area contributed by atoms with E-state index in [2.05, 4.69) is 5.32 Å². The van der Waals surface area contributed by atoms with Crippen molar-refractivity contribution in [3.8, 4) is 0 Å². The third-order valence-electron chi connectivity index (χ3n) is 3.07. The van der Waals surface area contributed by atoms with Gasteiger partial charge in [-0.2, -0.15) is 0 Å². The molecule has 116 valence electrons. The van der Waals surface area contributed by atoms with Crippen molar-refractivity contribution in [2.45, 2.75) is 12.5 Å². The van der Waals surface area contributed by atoms with Crippen molar-refractivity contribution in [2.24, 2.45) is 0 Å². The molecule has 8 heteroatoms. The summed E-state index contributed by atoms with van der Waals surface area (Å²) < 4.78 is 39.5. The van der Waals surface area contributed by atoms with Crippen molar-refractivity contribution in [2.75, 3.05) is 26.2 Å². The number of rotatable bonds is 3. The number of nitrogens with zero attached hydrogens (tertiary/aromatic N) is 1. The Balaban J connectivity index is 0.00000180. The average Bonchev–Trinajstić information content (AvgIpc) is 2.35. The monoisotopic (exact) mass is 350 g/mol. The van der Waals surface area contributed by atoms with Crippen LogP contribution < -0.4 is 5.32 Å². The van der Waals surface area contributed by atoms with E-state index in [1.165, 1.54) is 12.1 Å². The second-order valence-electron chi connectivity index (χ2n) is 4.24. The number of benzene rings is 1. The predicted octanol–water partition coefficient (Wildman–Crippen LogP) is 3.53. The normalized spacial score (nSPS) is 17.2. The molecule has 1 saturated heterocycles. The summed E-state index contributed by atoms with van der Waals surface area (Å²) in [6, 6.07) is 2.77. The molecule has 1 aromatic rings. The van der Waals surface area contributed by atoms with E-state index in [9.17, 15) is 13.2 Å². The molecule has 0 radical (unpaired) electrons. The van der Waals surface area contributed by atoms with Gasteiger partial charge in [-0.05, 0) is 17.7 Å². The van der Waals surface area contributed by atoms with Gasteiger partial charge >= 0.3 is 0 Å². The average molecular weight is 352 g/mol. The van der Waals surface area contributed by atoms with Crippen LogP contribution in [0.15, 0.2) is 18.2 Å². The molecule has 0 spiro atoms. The van der Waals surface area contributed by atoms with Crippen LogP contribution in [0.4, 0.5) is 13.2 Å². The first-order valence-corrected chi connectivity index (χ1v) is 6.15. The third kappa shape index (κ3) is 4.67.